The van der Waals surface area contributed by atoms with Gasteiger partial charge in [0.25, 0.3) is 5.56 Å². The topological polar surface area (TPSA) is 71.2 Å². The molecule has 1 fully saturated rings. The van der Waals surface area contributed by atoms with Crippen LogP contribution < -0.4 is 11.0 Å². The van der Waals surface area contributed by atoms with Gasteiger partial charge in [0.2, 0.25) is 0 Å². The fourth-order valence-electron chi connectivity index (χ4n) is 2.36. The molecule has 122 valence electrons. The molecule has 3 rings (SSSR count). The van der Waals surface area contributed by atoms with Crippen molar-refractivity contribution in [2.45, 2.75) is 52.0 Å². The molecule has 0 N–H and O–H groups in total. The smallest absolute Gasteiger partial charge is 0.399 e. The van der Waals surface area contributed by atoms with Crippen molar-refractivity contribution in [2.75, 3.05) is 0 Å². The number of aryl methyl sites for hydroxylation is 2. The molecule has 1 aliphatic rings. The van der Waals surface area contributed by atoms with Crippen molar-refractivity contribution in [3.63, 3.8) is 0 Å². The molecular formula is C15H21BN4O3. The van der Waals surface area contributed by atoms with Crippen LogP contribution in [-0.4, -0.2) is 37.9 Å². The van der Waals surface area contributed by atoms with Crippen LogP contribution in [0.4, 0.5) is 0 Å². The summed E-state index contributed by atoms with van der Waals surface area (Å²) in [6.07, 6.45) is 5.22. The molecule has 2 aromatic rings. The molecule has 0 radical (unpaired) electrons. The Hall–Kier alpha value is -1.93. The Morgan fingerprint density at radius 3 is 2.48 bits per heavy atom. The van der Waals surface area contributed by atoms with Gasteiger partial charge in [-0.25, -0.2) is 4.68 Å². The van der Waals surface area contributed by atoms with Crippen LogP contribution in [0.3, 0.4) is 0 Å². The van der Waals surface area contributed by atoms with Crippen molar-refractivity contribution in [1.29, 1.82) is 0 Å². The number of nitrogens with zero attached hydrogens (tertiary/aromatic N) is 4. The van der Waals surface area contributed by atoms with E-state index in [0.717, 1.165) is 5.46 Å². The van der Waals surface area contributed by atoms with Crippen LogP contribution in [0.1, 0.15) is 27.7 Å². The SMILES string of the molecule is CC1(C)OB(c2cnn(CCn3ncccc3=O)c2)OC1(C)C. The van der Waals surface area contributed by atoms with Gasteiger partial charge in [-0.1, -0.05) is 0 Å². The summed E-state index contributed by atoms with van der Waals surface area (Å²) in [4.78, 5) is 11.6. The molecule has 0 aromatic carbocycles. The summed E-state index contributed by atoms with van der Waals surface area (Å²) in [5.41, 5.74) is 0.00470. The standard InChI is InChI=1S/C15H21BN4O3/c1-14(2)15(3,4)23-16(22-14)12-10-18-19(11-12)8-9-20-13(21)6-5-7-17-20/h5-7,10-11H,8-9H2,1-4H3. The predicted octanol–water partition coefficient (Wildman–Crippen LogP) is 0.439. The zero-order valence-electron chi connectivity index (χ0n) is 13.9. The first-order valence-corrected chi connectivity index (χ1v) is 7.69. The quantitative estimate of drug-likeness (QED) is 0.766. The minimum atomic E-state index is -0.425. The van der Waals surface area contributed by atoms with Gasteiger partial charge >= 0.3 is 7.12 Å². The molecule has 0 saturated carbocycles. The fraction of sp³-hybridized carbons (Fsp3) is 0.533. The average Bonchev–Trinajstić information content (AvgIpc) is 3.01. The van der Waals surface area contributed by atoms with Gasteiger partial charge in [0, 0.05) is 30.1 Å². The van der Waals surface area contributed by atoms with Crippen LogP contribution in [-0.2, 0) is 22.4 Å². The fourth-order valence-corrected chi connectivity index (χ4v) is 2.36. The van der Waals surface area contributed by atoms with Crippen molar-refractivity contribution in [2.24, 2.45) is 0 Å². The molecule has 3 heterocycles. The number of hydrogen-bond donors (Lipinski definition) is 0. The van der Waals surface area contributed by atoms with Crippen LogP contribution in [0, 0.1) is 0 Å². The van der Waals surface area contributed by atoms with Gasteiger partial charge in [0.05, 0.1) is 24.3 Å². The summed E-state index contributed by atoms with van der Waals surface area (Å²) in [6, 6.07) is 3.12. The summed E-state index contributed by atoms with van der Waals surface area (Å²) < 4.78 is 15.2. The summed E-state index contributed by atoms with van der Waals surface area (Å²) >= 11 is 0. The highest BCUT2D eigenvalue weighted by molar-refractivity contribution is 6.61. The third-order valence-corrected chi connectivity index (χ3v) is 4.50. The second-order valence-electron chi connectivity index (χ2n) is 6.71. The lowest BCUT2D eigenvalue weighted by Gasteiger charge is -2.32. The summed E-state index contributed by atoms with van der Waals surface area (Å²) in [6.45, 7) is 9.09. The molecule has 2 aromatic heterocycles. The van der Waals surface area contributed by atoms with Gasteiger partial charge in [-0.15, -0.1) is 0 Å². The molecule has 0 spiro atoms. The van der Waals surface area contributed by atoms with E-state index in [2.05, 4.69) is 10.2 Å². The predicted molar refractivity (Wildman–Crippen MR) is 86.4 cm³/mol. The van der Waals surface area contributed by atoms with Crippen molar-refractivity contribution < 1.29 is 9.31 Å². The Labute approximate surface area is 135 Å². The Morgan fingerprint density at radius 2 is 1.83 bits per heavy atom. The monoisotopic (exact) mass is 316 g/mol. The van der Waals surface area contributed by atoms with E-state index in [0.29, 0.717) is 13.1 Å². The van der Waals surface area contributed by atoms with Crippen molar-refractivity contribution in [3.05, 3.63) is 41.1 Å². The van der Waals surface area contributed by atoms with E-state index in [1.807, 2.05) is 33.9 Å². The molecule has 1 saturated heterocycles. The first kappa shape index (κ1) is 16.0. The maximum atomic E-state index is 11.6. The minimum Gasteiger partial charge on any atom is -0.399 e. The highest BCUT2D eigenvalue weighted by Crippen LogP contribution is 2.36. The maximum absolute atomic E-state index is 11.6. The first-order valence-electron chi connectivity index (χ1n) is 7.69. The van der Waals surface area contributed by atoms with E-state index in [1.165, 1.54) is 10.7 Å². The van der Waals surface area contributed by atoms with Gasteiger partial charge in [-0.05, 0) is 33.8 Å². The highest BCUT2D eigenvalue weighted by atomic mass is 16.7. The zero-order valence-corrected chi connectivity index (χ0v) is 13.9. The third kappa shape index (κ3) is 3.09. The Balaban J connectivity index is 1.68. The number of hydrogen-bond acceptors (Lipinski definition) is 5. The molecule has 0 amide bonds. The molecular weight excluding hydrogens is 295 g/mol. The Bertz CT molecular complexity index is 737. The van der Waals surface area contributed by atoms with E-state index in [9.17, 15) is 4.79 Å². The van der Waals surface area contributed by atoms with Crippen LogP contribution >= 0.6 is 0 Å². The highest BCUT2D eigenvalue weighted by Gasteiger charge is 2.52. The Kier molecular flexibility index (Phi) is 3.89. The van der Waals surface area contributed by atoms with Crippen LogP contribution in [0.2, 0.25) is 0 Å². The van der Waals surface area contributed by atoms with Gasteiger partial charge in [0.15, 0.2) is 0 Å². The molecule has 0 atom stereocenters. The van der Waals surface area contributed by atoms with Crippen LogP contribution in [0.25, 0.3) is 0 Å². The first-order chi connectivity index (χ1) is 10.8. The largest absolute Gasteiger partial charge is 0.498 e. The van der Waals surface area contributed by atoms with Gasteiger partial charge in [0.1, 0.15) is 0 Å². The van der Waals surface area contributed by atoms with E-state index in [4.69, 9.17) is 9.31 Å². The molecule has 1 aliphatic heterocycles. The summed E-state index contributed by atoms with van der Waals surface area (Å²) in [5, 5.41) is 8.34. The van der Waals surface area contributed by atoms with Crippen molar-refractivity contribution >= 4 is 12.6 Å². The Morgan fingerprint density at radius 1 is 1.13 bits per heavy atom. The molecule has 0 aliphatic carbocycles. The normalized spacial score (nSPS) is 19.2. The lowest BCUT2D eigenvalue weighted by Crippen LogP contribution is -2.41. The van der Waals surface area contributed by atoms with Crippen molar-refractivity contribution in [1.82, 2.24) is 19.6 Å². The molecule has 7 nitrogen and oxygen atoms in total. The third-order valence-electron chi connectivity index (χ3n) is 4.50. The average molecular weight is 316 g/mol. The van der Waals surface area contributed by atoms with Crippen LogP contribution in [0.15, 0.2) is 35.5 Å². The van der Waals surface area contributed by atoms with Crippen LogP contribution in [0.5, 0.6) is 0 Å². The number of rotatable bonds is 4. The minimum absolute atomic E-state index is 0.120. The van der Waals surface area contributed by atoms with E-state index in [1.54, 1.807) is 23.1 Å². The summed E-state index contributed by atoms with van der Waals surface area (Å²) in [5.74, 6) is 0. The molecule has 23 heavy (non-hydrogen) atoms. The van der Waals surface area contributed by atoms with Gasteiger partial charge in [-0.3, -0.25) is 9.48 Å². The summed E-state index contributed by atoms with van der Waals surface area (Å²) in [7, 11) is -0.425. The number of aromatic nitrogens is 4. The second kappa shape index (κ2) is 5.61. The van der Waals surface area contributed by atoms with E-state index in [-0.39, 0.29) is 16.8 Å². The lowest BCUT2D eigenvalue weighted by atomic mass is 9.82. The second-order valence-corrected chi connectivity index (χ2v) is 6.71. The maximum Gasteiger partial charge on any atom is 0.498 e. The lowest BCUT2D eigenvalue weighted by molar-refractivity contribution is 0.00578. The molecule has 0 unspecified atom stereocenters. The van der Waals surface area contributed by atoms with Crippen molar-refractivity contribution in [3.8, 4) is 0 Å². The van der Waals surface area contributed by atoms with E-state index < -0.39 is 7.12 Å². The molecule has 8 heteroatoms. The zero-order chi connectivity index (χ0) is 16.7. The van der Waals surface area contributed by atoms with Gasteiger partial charge < -0.3 is 9.31 Å². The van der Waals surface area contributed by atoms with E-state index >= 15 is 0 Å². The van der Waals surface area contributed by atoms with Gasteiger partial charge in [-0.2, -0.15) is 10.2 Å². The molecule has 0 bridgehead atoms.